The van der Waals surface area contributed by atoms with Gasteiger partial charge in [-0.05, 0) is 11.5 Å². The van der Waals surface area contributed by atoms with Gasteiger partial charge in [0.05, 0.1) is 0 Å². The lowest BCUT2D eigenvalue weighted by atomic mass is 10.4. The molecule has 0 aromatic heterocycles. The number of hydrazine groups is 1. The van der Waals surface area contributed by atoms with Crippen LogP contribution in [-0.4, -0.2) is 33.7 Å². The molecule has 11 heteroatoms. The lowest BCUT2D eigenvalue weighted by Crippen LogP contribution is -2.50. The van der Waals surface area contributed by atoms with Crippen molar-refractivity contribution < 1.29 is 19.6 Å². The van der Waals surface area contributed by atoms with Crippen molar-refractivity contribution in [3.63, 3.8) is 0 Å². The summed E-state index contributed by atoms with van der Waals surface area (Å²) in [6, 6.07) is 0. The molecule has 1 heterocycles. The minimum atomic E-state index is -1.26. The van der Waals surface area contributed by atoms with Gasteiger partial charge in [-0.3, -0.25) is 10.0 Å². The van der Waals surface area contributed by atoms with Gasteiger partial charge in [0.15, 0.2) is 5.16 Å². The summed E-state index contributed by atoms with van der Waals surface area (Å²) in [6.45, 7) is 1.96. The fourth-order valence-electron chi connectivity index (χ4n) is 0.900. The molecule has 0 bridgehead atoms. The molecule has 1 unspecified atom stereocenters. The first kappa shape index (κ1) is 13.0. The van der Waals surface area contributed by atoms with E-state index in [4.69, 9.17) is 0 Å². The van der Waals surface area contributed by atoms with Gasteiger partial charge in [-0.15, -0.1) is 4.94 Å². The number of hydrogen-bond donors (Lipinski definition) is 1. The number of nitro groups is 2. The van der Waals surface area contributed by atoms with Crippen LogP contribution in [0.4, 0.5) is 4.70 Å². The second-order valence-corrected chi connectivity index (χ2v) is 2.29. The number of nitrogens with one attached hydrogen (secondary N) is 1. The predicted molar refractivity (Wildman–Crippen MR) is 44.3 cm³/mol. The number of oxime groups is 1. The van der Waals surface area contributed by atoms with E-state index in [0.29, 0.717) is 6.54 Å². The smallest absolute Gasteiger partial charge is 0.358 e. The minimum Gasteiger partial charge on any atom is -0.358 e. The van der Waals surface area contributed by atoms with Crippen LogP contribution in [0.1, 0.15) is 6.92 Å². The molecule has 0 saturated heterocycles. The molecule has 1 atom stereocenters. The summed E-state index contributed by atoms with van der Waals surface area (Å²) in [6.07, 6.45) is -1.26. The zero-order valence-corrected chi connectivity index (χ0v) is 7.52. The number of nitrogens with zero attached hydrogens (tertiary/aromatic N) is 4. The summed E-state index contributed by atoms with van der Waals surface area (Å²) in [5, 5.41) is 25.4. The van der Waals surface area contributed by atoms with Crippen molar-refractivity contribution >= 4 is 5.84 Å². The molecule has 10 nitrogen and oxygen atoms in total. The zero-order valence-electron chi connectivity index (χ0n) is 7.52. The first-order valence-electron chi connectivity index (χ1n) is 3.64. The molecule has 1 rings (SSSR count). The third-order valence-electron chi connectivity index (χ3n) is 1.43. The molecule has 0 saturated carbocycles. The van der Waals surface area contributed by atoms with Crippen molar-refractivity contribution in [2.24, 2.45) is 5.16 Å². The van der Waals surface area contributed by atoms with Crippen LogP contribution in [0.25, 0.3) is 0 Å². The summed E-state index contributed by atoms with van der Waals surface area (Å²) in [7, 11) is 0. The summed E-state index contributed by atoms with van der Waals surface area (Å²) in [4.78, 5) is 24.0. The van der Waals surface area contributed by atoms with Crippen LogP contribution in [0.3, 0.4) is 0 Å². The van der Waals surface area contributed by atoms with Crippen LogP contribution >= 0.6 is 0 Å². The van der Waals surface area contributed by atoms with Gasteiger partial charge in [-0.25, -0.2) is 10.1 Å². The molecule has 0 aromatic carbocycles. The van der Waals surface area contributed by atoms with E-state index in [2.05, 4.69) is 15.4 Å². The topological polar surface area (TPSA) is 123 Å². The van der Waals surface area contributed by atoms with Crippen LogP contribution in [0.5, 0.6) is 0 Å². The van der Waals surface area contributed by atoms with Crippen molar-refractivity contribution in [3.8, 4) is 0 Å². The van der Waals surface area contributed by atoms with Crippen LogP contribution in [0, 0.1) is 20.2 Å². The summed E-state index contributed by atoms with van der Waals surface area (Å²) < 4.78 is 0. The third kappa shape index (κ3) is 2.46. The summed E-state index contributed by atoms with van der Waals surface area (Å²) in [5.74, 6) is -0.636. The Labute approximate surface area is 82.1 Å². The first-order valence-corrected chi connectivity index (χ1v) is 3.64. The number of hydrogen-bond acceptors (Lipinski definition) is 7. The Hall–Kier alpha value is -2.04. The van der Waals surface area contributed by atoms with Crippen LogP contribution in [0.2, 0.25) is 0 Å². The fourth-order valence-corrected chi connectivity index (χ4v) is 0.900. The van der Waals surface area contributed by atoms with Gasteiger partial charge in [-0.2, -0.15) is 0 Å². The van der Waals surface area contributed by atoms with E-state index >= 15 is 0 Å². The summed E-state index contributed by atoms with van der Waals surface area (Å²) >= 11 is 0. The Morgan fingerprint density at radius 3 is 2.60 bits per heavy atom. The lowest BCUT2D eigenvalue weighted by Gasteiger charge is -2.09. The van der Waals surface area contributed by atoms with Crippen LogP contribution in [0.15, 0.2) is 5.16 Å². The van der Waals surface area contributed by atoms with E-state index in [1.807, 2.05) is 0 Å². The Bertz CT molecular complexity index is 295. The van der Waals surface area contributed by atoms with Crippen LogP contribution in [-0.2, 0) is 4.94 Å². The van der Waals surface area contributed by atoms with E-state index in [0.717, 1.165) is 0 Å². The third-order valence-corrected chi connectivity index (χ3v) is 1.43. The van der Waals surface area contributed by atoms with Gasteiger partial charge in [-0.1, -0.05) is 6.92 Å². The molecule has 0 amide bonds. The monoisotopic (exact) mass is 225 g/mol. The lowest BCUT2D eigenvalue weighted by molar-refractivity contribution is -0.737. The molecule has 0 aromatic rings. The second-order valence-electron chi connectivity index (χ2n) is 2.29. The highest BCUT2D eigenvalue weighted by Gasteiger charge is 2.49. The van der Waals surface area contributed by atoms with E-state index in [9.17, 15) is 20.2 Å². The zero-order chi connectivity index (χ0) is 10.7. The predicted octanol–water partition coefficient (Wildman–Crippen LogP) is -0.896. The van der Waals surface area contributed by atoms with E-state index < -0.39 is 22.0 Å². The highest BCUT2D eigenvalue weighted by Crippen LogP contribution is 2.10. The van der Waals surface area contributed by atoms with Crippen LogP contribution < -0.4 is 5.32 Å². The Balaban J connectivity index is 0.00000196. The molecule has 0 fully saturated rings. The normalized spacial score (nSPS) is 18.9. The van der Waals surface area contributed by atoms with Crippen molar-refractivity contribution in [2.45, 2.75) is 13.1 Å². The van der Waals surface area contributed by atoms with Gasteiger partial charge < -0.3 is 10.1 Å². The molecule has 0 aliphatic carbocycles. The molecular weight excluding hydrogens is 217 g/mol. The Morgan fingerprint density at radius 1 is 1.60 bits per heavy atom. The quantitative estimate of drug-likeness (QED) is 0.487. The maximum Gasteiger partial charge on any atom is 0.436 e. The number of likely N-dealkylation sites (N-methyl/N-ethyl adjacent to an activating group) is 1. The SMILES string of the molecule is CCNC1C([N+](=O)[O-])=NON1[N+](=O)[O-].F. The largest absolute Gasteiger partial charge is 0.436 e. The highest BCUT2D eigenvalue weighted by atomic mass is 19.0. The minimum absolute atomic E-state index is 0. The van der Waals surface area contributed by atoms with E-state index in [1.165, 1.54) is 0 Å². The average Bonchev–Trinajstić information content (AvgIpc) is 2.48. The number of halogens is 1. The average molecular weight is 225 g/mol. The van der Waals surface area contributed by atoms with E-state index in [-0.39, 0.29) is 9.88 Å². The Kier molecular flexibility index (Phi) is 4.32. The molecule has 1 aliphatic rings. The van der Waals surface area contributed by atoms with Crippen molar-refractivity contribution in [3.05, 3.63) is 20.2 Å². The standard InChI is InChI=1S/C4H7N5O5.FH/c1-2-5-3-4(8(10)11)6-14-7(3)9(12)13;/h3,5H,2H2,1H3;1H. The molecule has 1 N–H and O–H groups in total. The van der Waals surface area contributed by atoms with E-state index in [1.54, 1.807) is 6.92 Å². The van der Waals surface area contributed by atoms with Gasteiger partial charge in [0.25, 0.3) is 6.17 Å². The van der Waals surface area contributed by atoms with Gasteiger partial charge in [0.1, 0.15) is 5.17 Å². The second kappa shape index (κ2) is 4.99. The Morgan fingerprint density at radius 2 is 2.20 bits per heavy atom. The molecule has 0 spiro atoms. The van der Waals surface area contributed by atoms with Gasteiger partial charge in [0, 0.05) is 0 Å². The molecule has 1 aliphatic heterocycles. The van der Waals surface area contributed by atoms with Gasteiger partial charge >= 0.3 is 5.84 Å². The highest BCUT2D eigenvalue weighted by molar-refractivity contribution is 5.79. The fraction of sp³-hybridized carbons (Fsp3) is 0.750. The molecule has 0 radical (unpaired) electrons. The number of rotatable bonds is 3. The molecule has 15 heavy (non-hydrogen) atoms. The molecular formula is C4H8FN5O5. The van der Waals surface area contributed by atoms with Crippen molar-refractivity contribution in [2.75, 3.05) is 6.54 Å². The van der Waals surface area contributed by atoms with Crippen molar-refractivity contribution in [1.82, 2.24) is 10.5 Å². The maximum absolute atomic E-state index is 10.4. The van der Waals surface area contributed by atoms with Gasteiger partial charge in [0.2, 0.25) is 5.03 Å². The number of hydroxylamine groups is 1. The van der Waals surface area contributed by atoms with Crippen molar-refractivity contribution in [1.29, 1.82) is 0 Å². The summed E-state index contributed by atoms with van der Waals surface area (Å²) in [5.41, 5.74) is 0. The number of amidine groups is 1. The first-order chi connectivity index (χ1) is 6.57. The maximum atomic E-state index is 10.4. The molecule has 86 valence electrons.